The molecular weight excluding hydrogens is 1390 g/mol. The van der Waals surface area contributed by atoms with Crippen molar-refractivity contribution in [3.05, 3.63) is 228 Å². The molecule has 0 spiro atoms. The van der Waals surface area contributed by atoms with Crippen LogP contribution in [0.5, 0.6) is 0 Å². The summed E-state index contributed by atoms with van der Waals surface area (Å²) in [7, 11) is 7.03. The molecule has 4 aromatic carbocycles. The average Bonchev–Trinajstić information content (AvgIpc) is 1.24. The van der Waals surface area contributed by atoms with Gasteiger partial charge in [0.1, 0.15) is 29.7 Å². The Morgan fingerprint density at radius 2 is 0.716 bits per heavy atom. The van der Waals surface area contributed by atoms with Gasteiger partial charge in [-0.2, -0.15) is 13.2 Å². The fraction of sp³-hybridized carbons (Fsp3) is 0.461. The van der Waals surface area contributed by atoms with E-state index < -0.39 is 12.8 Å². The Hall–Kier alpha value is -9.05. The molecule has 6 heterocycles. The summed E-state index contributed by atoms with van der Waals surface area (Å²) in [5.41, 5.74) is 24.1. The van der Waals surface area contributed by atoms with Crippen molar-refractivity contribution >= 4 is 23.1 Å². The molecule has 4 aromatic heterocycles. The number of benzene rings is 4. The van der Waals surface area contributed by atoms with Crippen molar-refractivity contribution in [2.45, 2.75) is 201 Å². The number of aryl methyl sites for hydroxylation is 12. The molecule has 576 valence electrons. The van der Waals surface area contributed by atoms with Crippen molar-refractivity contribution in [1.82, 2.24) is 18.3 Å². The van der Waals surface area contributed by atoms with Crippen molar-refractivity contribution < 1.29 is 56.0 Å². The molecule has 7 aliphatic rings. The number of hydrogen-bond acceptors (Lipinski definition) is 13. The summed E-state index contributed by atoms with van der Waals surface area (Å²) in [6.45, 7) is 9.68. The molecule has 0 amide bonds. The van der Waals surface area contributed by atoms with E-state index >= 15 is 0 Å². The van der Waals surface area contributed by atoms with E-state index in [4.69, 9.17) is 23.7 Å². The van der Waals surface area contributed by atoms with Crippen LogP contribution >= 0.6 is 0 Å². The van der Waals surface area contributed by atoms with E-state index in [9.17, 15) is 51.5 Å². The van der Waals surface area contributed by atoms with Crippen LogP contribution < -0.4 is 22.2 Å². The Morgan fingerprint density at radius 1 is 0.376 bits per heavy atom. The quantitative estimate of drug-likeness (QED) is 0.0939. The molecule has 1 atom stereocenters. The number of fused-ring (bicyclic) bond motifs is 4. The highest BCUT2D eigenvalue weighted by Gasteiger charge is 2.30. The van der Waals surface area contributed by atoms with E-state index in [1.54, 1.807) is 60.1 Å². The number of halogens is 3. The molecule has 5 aliphatic carbocycles. The average molecular weight is 1490 g/mol. The minimum atomic E-state index is -4.40. The number of ketones is 4. The first-order valence-corrected chi connectivity index (χ1v) is 38.6. The number of rotatable bonds is 15. The molecule has 15 rings (SSSR count). The number of ether oxygens (including phenoxy) is 5. The molecule has 0 N–H and O–H groups in total. The highest BCUT2D eigenvalue weighted by atomic mass is 19.4. The van der Waals surface area contributed by atoms with Crippen molar-refractivity contribution in [1.29, 1.82) is 0 Å². The van der Waals surface area contributed by atoms with Gasteiger partial charge in [-0.15, -0.1) is 0 Å². The van der Waals surface area contributed by atoms with Gasteiger partial charge in [-0.05, 0) is 245 Å². The van der Waals surface area contributed by atoms with E-state index in [2.05, 4.69) is 36.4 Å². The van der Waals surface area contributed by atoms with Gasteiger partial charge in [-0.1, -0.05) is 56.0 Å². The maximum absolute atomic E-state index is 12.4. The van der Waals surface area contributed by atoms with Crippen LogP contribution in [-0.2, 0) is 149 Å². The minimum Gasteiger partial charge on any atom is -0.381 e. The molecule has 2 saturated heterocycles. The lowest BCUT2D eigenvalue weighted by Gasteiger charge is -2.25. The zero-order valence-electron chi connectivity index (χ0n) is 64.2. The van der Waals surface area contributed by atoms with Gasteiger partial charge in [-0.3, -0.25) is 38.4 Å². The predicted octanol–water partition coefficient (Wildman–Crippen LogP) is 13.9. The molecule has 2 aliphatic heterocycles. The normalized spacial score (nSPS) is 17.3. The summed E-state index contributed by atoms with van der Waals surface area (Å²) in [5, 5.41) is 0. The van der Waals surface area contributed by atoms with E-state index in [-0.39, 0.29) is 53.3 Å². The third kappa shape index (κ3) is 20.1. The van der Waals surface area contributed by atoms with Gasteiger partial charge in [-0.25, -0.2) is 0 Å². The summed E-state index contributed by atoms with van der Waals surface area (Å²) in [6.07, 6.45) is 20.6. The second kappa shape index (κ2) is 35.3. The zero-order chi connectivity index (χ0) is 77.4. The lowest BCUT2D eigenvalue weighted by molar-refractivity contribution is -0.176. The van der Waals surface area contributed by atoms with Crippen LogP contribution in [-0.4, -0.2) is 92.8 Å². The summed E-state index contributed by atoms with van der Waals surface area (Å²) >= 11 is 0. The van der Waals surface area contributed by atoms with Crippen molar-refractivity contribution in [3.8, 4) is 44.5 Å². The van der Waals surface area contributed by atoms with Crippen LogP contribution in [0.15, 0.2) is 117 Å². The third-order valence-electron chi connectivity index (χ3n) is 22.5. The second-order valence-electron chi connectivity index (χ2n) is 31.0. The maximum atomic E-state index is 12.4. The molecule has 3 fully saturated rings. The Kier molecular flexibility index (Phi) is 25.8. The fourth-order valence-electron chi connectivity index (χ4n) is 16.5. The number of alkyl halides is 3. The molecule has 109 heavy (non-hydrogen) atoms. The van der Waals surface area contributed by atoms with Crippen LogP contribution in [0.2, 0.25) is 0 Å². The third-order valence-corrected chi connectivity index (χ3v) is 22.5. The number of hydrogen-bond donors (Lipinski definition) is 0. The van der Waals surface area contributed by atoms with E-state index in [0.29, 0.717) is 99.7 Å². The minimum absolute atomic E-state index is 0.0214. The SMILES string of the molecule is Cc1cc(-c2cc3c(c(CC4CCCC4)c2)CC(=O)CC3)cn(C)c1=O.Cc1cc(-c2cc3c(c(COC4CCCOC4)c2)CC(=O)CC3)cn(C)c1=O.Cc1cc(-c2cc3c(c(COC4CCOCC4)c2)CC(=O)CC3)cn(C)c1=O.Cc1cc(-c2cc3c(c(COCC(F)(F)F)c2)CC(=O)CC3)cn(C)c1=O. The maximum Gasteiger partial charge on any atom is 0.411 e. The van der Waals surface area contributed by atoms with Crippen molar-refractivity contribution in [2.24, 2.45) is 34.1 Å². The summed E-state index contributed by atoms with van der Waals surface area (Å²) in [4.78, 5) is 96.1. The molecule has 1 saturated carbocycles. The van der Waals surface area contributed by atoms with Gasteiger partial charge < -0.3 is 42.0 Å². The molecule has 20 heteroatoms. The van der Waals surface area contributed by atoms with Gasteiger partial charge in [0.25, 0.3) is 22.2 Å². The number of carbonyl (C=O) groups is 4. The summed E-state index contributed by atoms with van der Waals surface area (Å²) in [5.74, 6) is 1.79. The number of pyridine rings is 4. The van der Waals surface area contributed by atoms with Crippen LogP contribution in [0.1, 0.15) is 166 Å². The Bertz CT molecular complexity index is 4760. The number of Topliss-reactive ketones (excluding diaryl/α,β-unsaturated/α-hetero) is 4. The molecule has 0 radical (unpaired) electrons. The molecular formula is C89H101F3N4O13. The first kappa shape index (κ1) is 79.5. The van der Waals surface area contributed by atoms with E-state index in [1.807, 2.05) is 70.7 Å². The monoisotopic (exact) mass is 1490 g/mol. The predicted molar refractivity (Wildman–Crippen MR) is 414 cm³/mol. The van der Waals surface area contributed by atoms with E-state index in [0.717, 1.165) is 166 Å². The zero-order valence-corrected chi connectivity index (χ0v) is 64.2. The second-order valence-corrected chi connectivity index (χ2v) is 31.0. The van der Waals surface area contributed by atoms with Crippen LogP contribution in [0.25, 0.3) is 44.5 Å². The van der Waals surface area contributed by atoms with Crippen molar-refractivity contribution in [3.63, 3.8) is 0 Å². The van der Waals surface area contributed by atoms with Gasteiger partial charge >= 0.3 is 6.18 Å². The topological polar surface area (TPSA) is 202 Å². The lowest BCUT2D eigenvalue weighted by Crippen LogP contribution is -2.26. The van der Waals surface area contributed by atoms with Crippen LogP contribution in [0.3, 0.4) is 0 Å². The molecule has 1 unspecified atom stereocenters. The molecule has 17 nitrogen and oxygen atoms in total. The van der Waals surface area contributed by atoms with Crippen LogP contribution in [0.4, 0.5) is 13.2 Å². The summed E-state index contributed by atoms with van der Waals surface area (Å²) in [6, 6.07) is 24.5. The summed E-state index contributed by atoms with van der Waals surface area (Å²) < 4.78 is 71.8. The number of nitrogens with zero attached hydrogens (tertiary/aromatic N) is 4. The Labute approximate surface area is 634 Å². The van der Waals surface area contributed by atoms with Crippen LogP contribution in [0, 0.1) is 33.6 Å². The Balaban J connectivity index is 0.000000136. The Morgan fingerprint density at radius 3 is 1.06 bits per heavy atom. The largest absolute Gasteiger partial charge is 0.411 e. The first-order valence-electron chi connectivity index (χ1n) is 38.6. The number of carbonyl (C=O) groups excluding carboxylic acids is 4. The highest BCUT2D eigenvalue weighted by molar-refractivity contribution is 5.87. The molecule has 8 aromatic rings. The fourth-order valence-corrected chi connectivity index (χ4v) is 16.5. The van der Waals surface area contributed by atoms with Crippen molar-refractivity contribution in [2.75, 3.05) is 33.0 Å². The lowest BCUT2D eigenvalue weighted by atomic mass is 9.82. The molecule has 0 bridgehead atoms. The van der Waals surface area contributed by atoms with E-state index in [1.165, 1.54) is 63.6 Å². The van der Waals surface area contributed by atoms with Gasteiger partial charge in [0.05, 0.1) is 38.6 Å². The first-order chi connectivity index (χ1) is 52.2. The smallest absolute Gasteiger partial charge is 0.381 e. The highest BCUT2D eigenvalue weighted by Crippen LogP contribution is 2.38. The number of aromatic nitrogens is 4. The van der Waals surface area contributed by atoms with Gasteiger partial charge in [0, 0.05) is 146 Å². The standard InChI is InChI=1S/2C23H27NO4.C23H27NO2.C20H20F3NO3/c1-15-9-18(13-24(2)23(15)26)17-10-16-3-4-20(25)12-22(16)19(11-17)14-28-21-5-7-27-8-6-21;1-15-8-18(12-24(2)23(15)26)17-9-16-5-6-20(25)11-22(16)19(10-17)13-28-21-4-3-7-27-14-21;1-15-9-20(14-24(2)23(15)26)18-11-17-7-8-21(25)13-22(17)19(12-18)10-16-5-3-4-6-16;1-12-5-15(9-24(2)19(12)26)14-6-13-3-4-17(25)8-18(13)16(7-14)10-27-11-20(21,22)23/h9-11,13,21H,3-8,12,14H2,1-2H3;8-10,12,21H,3-7,11,13-14H2,1-2H3;9,11-12,14,16H,3-8,10,13H2,1-2H3;5-7,9H,3-4,8,10-11H2,1-2H3. The van der Waals surface area contributed by atoms with Gasteiger partial charge in [0.2, 0.25) is 0 Å². The van der Waals surface area contributed by atoms with Gasteiger partial charge in [0.15, 0.2) is 0 Å².